The van der Waals surface area contributed by atoms with Gasteiger partial charge >= 0.3 is 0 Å². The van der Waals surface area contributed by atoms with Crippen LogP contribution >= 0.6 is 0 Å². The van der Waals surface area contributed by atoms with Gasteiger partial charge in [0.05, 0.1) is 5.69 Å². The minimum absolute atomic E-state index is 0.244. The Morgan fingerprint density at radius 3 is 2.56 bits per heavy atom. The van der Waals surface area contributed by atoms with E-state index in [0.717, 1.165) is 18.4 Å². The van der Waals surface area contributed by atoms with Gasteiger partial charge in [-0.25, -0.2) is 14.4 Å². The molecule has 1 N–H and O–H groups in total. The maximum absolute atomic E-state index is 13.9. The zero-order valence-corrected chi connectivity index (χ0v) is 9.94. The number of benzene rings is 1. The molecule has 1 fully saturated rings. The molecule has 3 rings (SSSR count). The van der Waals surface area contributed by atoms with Crippen molar-refractivity contribution in [1.29, 1.82) is 0 Å². The Bertz CT molecular complexity index is 538. The number of para-hydroxylation sites is 1. The second kappa shape index (κ2) is 4.72. The van der Waals surface area contributed by atoms with Gasteiger partial charge in [0.1, 0.15) is 5.82 Å². The van der Waals surface area contributed by atoms with Crippen LogP contribution in [-0.2, 0) is 0 Å². The molecule has 1 saturated carbocycles. The Hall–Kier alpha value is -1.97. The van der Waals surface area contributed by atoms with Crippen molar-refractivity contribution < 1.29 is 4.39 Å². The summed E-state index contributed by atoms with van der Waals surface area (Å²) in [5.74, 6) is 0.655. The molecule has 0 saturated heterocycles. The van der Waals surface area contributed by atoms with Crippen LogP contribution in [0.5, 0.6) is 0 Å². The van der Waals surface area contributed by atoms with Crippen molar-refractivity contribution in [2.24, 2.45) is 0 Å². The van der Waals surface area contributed by atoms with Gasteiger partial charge in [-0.15, -0.1) is 0 Å². The van der Waals surface area contributed by atoms with E-state index in [0.29, 0.717) is 17.6 Å². The number of anilines is 2. The lowest BCUT2D eigenvalue weighted by Gasteiger charge is -2.28. The highest BCUT2D eigenvalue weighted by Crippen LogP contribution is 2.41. The van der Waals surface area contributed by atoms with E-state index >= 15 is 0 Å². The first-order valence-electron chi connectivity index (χ1n) is 6.17. The third-order valence-corrected chi connectivity index (χ3v) is 3.39. The summed E-state index contributed by atoms with van der Waals surface area (Å²) in [6.07, 6.45) is 6.77. The molecule has 0 radical (unpaired) electrons. The summed E-state index contributed by atoms with van der Waals surface area (Å²) in [4.78, 5) is 8.14. The van der Waals surface area contributed by atoms with E-state index in [1.165, 1.54) is 12.5 Å². The number of rotatable bonds is 3. The van der Waals surface area contributed by atoms with Gasteiger partial charge in [0, 0.05) is 12.4 Å². The van der Waals surface area contributed by atoms with Crippen molar-refractivity contribution in [2.75, 3.05) is 5.32 Å². The lowest BCUT2D eigenvalue weighted by atomic mass is 9.79. The van der Waals surface area contributed by atoms with Gasteiger partial charge in [-0.3, -0.25) is 0 Å². The van der Waals surface area contributed by atoms with Gasteiger partial charge in [0.2, 0.25) is 5.95 Å². The third-order valence-electron chi connectivity index (χ3n) is 3.39. The predicted octanol–water partition coefficient (Wildman–Crippen LogP) is 3.63. The van der Waals surface area contributed by atoms with E-state index in [1.807, 2.05) is 6.07 Å². The van der Waals surface area contributed by atoms with Gasteiger partial charge in [-0.2, -0.15) is 0 Å². The summed E-state index contributed by atoms with van der Waals surface area (Å²) in [7, 11) is 0. The molecular weight excluding hydrogens is 229 g/mol. The van der Waals surface area contributed by atoms with E-state index in [9.17, 15) is 4.39 Å². The Balaban J connectivity index is 1.94. The van der Waals surface area contributed by atoms with Gasteiger partial charge in [-0.1, -0.05) is 18.6 Å². The summed E-state index contributed by atoms with van der Waals surface area (Å²) in [6.45, 7) is 0. The Kier molecular flexibility index (Phi) is 2.92. The molecular formula is C14H14FN3. The quantitative estimate of drug-likeness (QED) is 0.894. The molecule has 2 aromatic rings. The minimum Gasteiger partial charge on any atom is -0.321 e. The lowest BCUT2D eigenvalue weighted by molar-refractivity contribution is 0.419. The van der Waals surface area contributed by atoms with E-state index in [2.05, 4.69) is 15.3 Å². The molecule has 3 nitrogen and oxygen atoms in total. The summed E-state index contributed by atoms with van der Waals surface area (Å²) >= 11 is 0. The number of nitrogens with zero attached hydrogens (tertiary/aromatic N) is 2. The SMILES string of the molecule is Fc1cccc(C2CCC2)c1Nc1ncccn1. The van der Waals surface area contributed by atoms with Crippen LogP contribution in [0.1, 0.15) is 30.7 Å². The topological polar surface area (TPSA) is 37.8 Å². The van der Waals surface area contributed by atoms with E-state index in [-0.39, 0.29) is 5.82 Å². The van der Waals surface area contributed by atoms with Gasteiger partial charge in [-0.05, 0) is 36.5 Å². The number of hydrogen-bond donors (Lipinski definition) is 1. The Labute approximate surface area is 105 Å². The molecule has 0 unspecified atom stereocenters. The highest BCUT2D eigenvalue weighted by atomic mass is 19.1. The van der Waals surface area contributed by atoms with Crippen LogP contribution in [0.4, 0.5) is 16.0 Å². The molecule has 1 aromatic heterocycles. The molecule has 0 amide bonds. The van der Waals surface area contributed by atoms with E-state index < -0.39 is 0 Å². The highest BCUT2D eigenvalue weighted by Gasteiger charge is 2.23. The Morgan fingerprint density at radius 2 is 1.89 bits per heavy atom. The molecule has 4 heteroatoms. The van der Waals surface area contributed by atoms with Gasteiger partial charge in [0.25, 0.3) is 0 Å². The molecule has 1 heterocycles. The van der Waals surface area contributed by atoms with Crippen molar-refractivity contribution in [1.82, 2.24) is 9.97 Å². The molecule has 1 aliphatic rings. The Morgan fingerprint density at radius 1 is 1.11 bits per heavy atom. The second-order valence-corrected chi connectivity index (χ2v) is 4.53. The first-order chi connectivity index (χ1) is 8.84. The first kappa shape index (κ1) is 11.1. The number of halogens is 1. The predicted molar refractivity (Wildman–Crippen MR) is 68.3 cm³/mol. The van der Waals surface area contributed by atoms with Gasteiger partial charge < -0.3 is 5.32 Å². The molecule has 92 valence electrons. The number of hydrogen-bond acceptors (Lipinski definition) is 3. The monoisotopic (exact) mass is 243 g/mol. The summed E-state index contributed by atoms with van der Waals surface area (Å²) in [5, 5.41) is 2.99. The largest absolute Gasteiger partial charge is 0.321 e. The van der Waals surface area contributed by atoms with Crippen molar-refractivity contribution >= 4 is 11.6 Å². The van der Waals surface area contributed by atoms with Crippen LogP contribution in [0.2, 0.25) is 0 Å². The highest BCUT2D eigenvalue weighted by molar-refractivity contribution is 5.60. The summed E-state index contributed by atoms with van der Waals surface area (Å²) in [5.41, 5.74) is 1.56. The second-order valence-electron chi connectivity index (χ2n) is 4.53. The minimum atomic E-state index is -0.244. The molecule has 1 aromatic carbocycles. The van der Waals surface area contributed by atoms with Crippen molar-refractivity contribution in [3.05, 3.63) is 48.0 Å². The zero-order valence-electron chi connectivity index (χ0n) is 9.94. The van der Waals surface area contributed by atoms with Crippen LogP contribution in [0.15, 0.2) is 36.7 Å². The fourth-order valence-corrected chi connectivity index (χ4v) is 2.21. The van der Waals surface area contributed by atoms with Crippen LogP contribution in [0, 0.1) is 5.82 Å². The molecule has 0 aliphatic heterocycles. The number of nitrogens with one attached hydrogen (secondary N) is 1. The number of aromatic nitrogens is 2. The lowest BCUT2D eigenvalue weighted by Crippen LogP contribution is -2.12. The van der Waals surface area contributed by atoms with Crippen molar-refractivity contribution in [3.8, 4) is 0 Å². The van der Waals surface area contributed by atoms with Crippen LogP contribution < -0.4 is 5.32 Å². The normalized spacial score (nSPS) is 15.2. The molecule has 1 aliphatic carbocycles. The van der Waals surface area contributed by atoms with Crippen LogP contribution in [0.3, 0.4) is 0 Å². The molecule has 0 bridgehead atoms. The maximum Gasteiger partial charge on any atom is 0.227 e. The smallest absolute Gasteiger partial charge is 0.227 e. The maximum atomic E-state index is 13.9. The summed E-state index contributed by atoms with van der Waals surface area (Å²) in [6, 6.07) is 6.95. The summed E-state index contributed by atoms with van der Waals surface area (Å²) < 4.78 is 13.9. The van der Waals surface area contributed by atoms with Crippen molar-refractivity contribution in [3.63, 3.8) is 0 Å². The molecule has 18 heavy (non-hydrogen) atoms. The van der Waals surface area contributed by atoms with E-state index in [4.69, 9.17) is 0 Å². The first-order valence-corrected chi connectivity index (χ1v) is 6.17. The fourth-order valence-electron chi connectivity index (χ4n) is 2.21. The van der Waals surface area contributed by atoms with E-state index in [1.54, 1.807) is 24.5 Å². The van der Waals surface area contributed by atoms with Crippen LogP contribution in [-0.4, -0.2) is 9.97 Å². The van der Waals surface area contributed by atoms with Gasteiger partial charge in [0.15, 0.2) is 0 Å². The van der Waals surface area contributed by atoms with Crippen molar-refractivity contribution in [2.45, 2.75) is 25.2 Å². The third kappa shape index (κ3) is 2.06. The standard InChI is InChI=1S/C14H14FN3/c15-12-7-2-6-11(10-4-1-5-10)13(12)18-14-16-8-3-9-17-14/h2-3,6-10H,1,4-5H2,(H,16,17,18). The van der Waals surface area contributed by atoms with Crippen LogP contribution in [0.25, 0.3) is 0 Å². The average Bonchev–Trinajstić information content (AvgIpc) is 2.33. The fraction of sp³-hybridized carbons (Fsp3) is 0.286. The molecule has 0 atom stereocenters. The average molecular weight is 243 g/mol. The zero-order chi connectivity index (χ0) is 12.4. The molecule has 0 spiro atoms.